The van der Waals surface area contributed by atoms with Crippen LogP contribution in [0.15, 0.2) is 0 Å². The summed E-state index contributed by atoms with van der Waals surface area (Å²) in [5.74, 6) is -1.27. The Labute approximate surface area is 137 Å². The van der Waals surface area contributed by atoms with E-state index in [1.165, 1.54) is 0 Å². The number of hydrogen-bond donors (Lipinski definition) is 1. The number of carbonyl (C=O) groups excluding carboxylic acids is 1. The Kier molecular flexibility index (Phi) is 7.43. The molecule has 1 fully saturated rings. The van der Waals surface area contributed by atoms with Gasteiger partial charge in [0.15, 0.2) is 0 Å². The quantitative estimate of drug-likeness (QED) is 0.660. The Balaban J connectivity index is 2.70. The van der Waals surface area contributed by atoms with Gasteiger partial charge in [-0.15, -0.1) is 0 Å². The van der Waals surface area contributed by atoms with Crippen LogP contribution < -0.4 is 0 Å². The average molecular weight is 350 g/mol. The van der Waals surface area contributed by atoms with Gasteiger partial charge in [0.25, 0.3) is 0 Å². The molecule has 1 amide bonds. The third-order valence-corrected chi connectivity index (χ3v) is 5.00. The highest BCUT2D eigenvalue weighted by atomic mass is 32.2. The third-order valence-electron chi connectivity index (χ3n) is 3.78. The minimum Gasteiger partial charge on any atom is -0.480 e. The summed E-state index contributed by atoms with van der Waals surface area (Å²) in [4.78, 5) is 24.8. The third kappa shape index (κ3) is 6.44. The first kappa shape index (κ1) is 19.9. The topological polar surface area (TPSA) is 104 Å². The molecule has 0 radical (unpaired) electrons. The highest BCUT2D eigenvalue weighted by molar-refractivity contribution is 7.88. The number of carboxylic acid groups (broad SMARTS) is 1. The Morgan fingerprint density at radius 1 is 1.43 bits per heavy atom. The summed E-state index contributed by atoms with van der Waals surface area (Å²) in [6.45, 7) is 4.28. The van der Waals surface area contributed by atoms with Gasteiger partial charge in [-0.2, -0.15) is 4.31 Å². The first-order valence-corrected chi connectivity index (χ1v) is 9.57. The van der Waals surface area contributed by atoms with E-state index in [4.69, 9.17) is 9.84 Å². The summed E-state index contributed by atoms with van der Waals surface area (Å²) in [6.07, 6.45) is 2.16. The van der Waals surface area contributed by atoms with E-state index in [2.05, 4.69) is 0 Å². The van der Waals surface area contributed by atoms with Gasteiger partial charge in [-0.05, 0) is 6.42 Å². The van der Waals surface area contributed by atoms with E-state index in [9.17, 15) is 18.0 Å². The number of nitrogens with zero attached hydrogens (tertiary/aromatic N) is 2. The predicted molar refractivity (Wildman–Crippen MR) is 84.4 cm³/mol. The van der Waals surface area contributed by atoms with Crippen molar-refractivity contribution >= 4 is 21.9 Å². The SMILES string of the molecule is CCC[C@@H](C)C(=O)N1CCO[C@@H](CN(CC(=O)O)S(C)(=O)=O)C1. The number of rotatable bonds is 8. The number of aliphatic carboxylic acids is 1. The molecule has 1 aliphatic heterocycles. The standard InChI is InChI=1S/C14H26N2O6S/c1-4-5-11(2)14(19)15-6-7-22-12(8-15)9-16(10-13(17)18)23(3,20)21/h11-12H,4-10H2,1-3H3,(H,17,18)/t11-,12-/m1/s1. The van der Waals surface area contributed by atoms with Gasteiger partial charge >= 0.3 is 5.97 Å². The lowest BCUT2D eigenvalue weighted by molar-refractivity contribution is -0.144. The first-order chi connectivity index (χ1) is 10.6. The van der Waals surface area contributed by atoms with Crippen molar-refractivity contribution in [3.63, 3.8) is 0 Å². The van der Waals surface area contributed by atoms with Crippen LogP contribution in [-0.4, -0.2) is 79.8 Å². The van der Waals surface area contributed by atoms with Crippen LogP contribution in [0.3, 0.4) is 0 Å². The Hall–Kier alpha value is -1.19. The lowest BCUT2D eigenvalue weighted by Crippen LogP contribution is -2.52. The zero-order valence-corrected chi connectivity index (χ0v) is 14.7. The lowest BCUT2D eigenvalue weighted by atomic mass is 10.0. The fourth-order valence-electron chi connectivity index (χ4n) is 2.59. The van der Waals surface area contributed by atoms with Crippen molar-refractivity contribution in [3.8, 4) is 0 Å². The van der Waals surface area contributed by atoms with Gasteiger partial charge in [-0.1, -0.05) is 20.3 Å². The Morgan fingerprint density at radius 2 is 2.09 bits per heavy atom. The van der Waals surface area contributed by atoms with Crippen LogP contribution in [-0.2, 0) is 24.3 Å². The maximum atomic E-state index is 12.3. The van der Waals surface area contributed by atoms with Crippen LogP contribution in [0.5, 0.6) is 0 Å². The number of morpholine rings is 1. The maximum absolute atomic E-state index is 12.3. The molecule has 0 saturated carbocycles. The maximum Gasteiger partial charge on any atom is 0.318 e. The van der Waals surface area contributed by atoms with Crippen molar-refractivity contribution in [3.05, 3.63) is 0 Å². The van der Waals surface area contributed by atoms with E-state index in [0.29, 0.717) is 13.2 Å². The molecule has 134 valence electrons. The molecule has 0 unspecified atom stereocenters. The second-order valence-corrected chi connectivity index (χ2v) is 7.90. The number of hydrogen-bond acceptors (Lipinski definition) is 5. The number of amides is 1. The number of sulfonamides is 1. The normalized spacial score (nSPS) is 20.5. The highest BCUT2D eigenvalue weighted by Gasteiger charge is 2.30. The molecule has 2 atom stereocenters. The average Bonchev–Trinajstić information content (AvgIpc) is 2.45. The predicted octanol–water partition coefficient (Wildman–Crippen LogP) is -0.00380. The molecular formula is C14H26N2O6S. The smallest absolute Gasteiger partial charge is 0.318 e. The second kappa shape index (κ2) is 8.60. The van der Waals surface area contributed by atoms with Crippen LogP contribution in [0.1, 0.15) is 26.7 Å². The molecule has 9 heteroatoms. The highest BCUT2D eigenvalue weighted by Crippen LogP contribution is 2.15. The van der Waals surface area contributed by atoms with Crippen molar-refractivity contribution in [2.75, 3.05) is 39.0 Å². The van der Waals surface area contributed by atoms with Gasteiger partial charge in [0.2, 0.25) is 15.9 Å². The van der Waals surface area contributed by atoms with Crippen molar-refractivity contribution < 1.29 is 27.9 Å². The molecule has 0 bridgehead atoms. The van der Waals surface area contributed by atoms with E-state index in [1.807, 2.05) is 13.8 Å². The van der Waals surface area contributed by atoms with Crippen LogP contribution >= 0.6 is 0 Å². The summed E-state index contributed by atoms with van der Waals surface area (Å²) in [5, 5.41) is 8.84. The van der Waals surface area contributed by atoms with E-state index >= 15 is 0 Å². The van der Waals surface area contributed by atoms with Gasteiger partial charge < -0.3 is 14.7 Å². The summed E-state index contributed by atoms with van der Waals surface area (Å²) >= 11 is 0. The summed E-state index contributed by atoms with van der Waals surface area (Å²) in [5.41, 5.74) is 0. The first-order valence-electron chi connectivity index (χ1n) is 7.72. The van der Waals surface area contributed by atoms with Crippen LogP contribution in [0, 0.1) is 5.92 Å². The second-order valence-electron chi connectivity index (χ2n) is 5.92. The Bertz CT molecular complexity index is 521. The van der Waals surface area contributed by atoms with Gasteiger partial charge in [0.1, 0.15) is 6.54 Å². The molecule has 1 heterocycles. The molecular weight excluding hydrogens is 324 g/mol. The molecule has 1 aliphatic rings. The van der Waals surface area contributed by atoms with Crippen molar-refractivity contribution in [2.24, 2.45) is 5.92 Å². The van der Waals surface area contributed by atoms with E-state index in [-0.39, 0.29) is 24.9 Å². The molecule has 0 aliphatic carbocycles. The fraction of sp³-hybridized carbons (Fsp3) is 0.857. The van der Waals surface area contributed by atoms with Crippen molar-refractivity contribution in [2.45, 2.75) is 32.8 Å². The largest absolute Gasteiger partial charge is 0.480 e. The zero-order chi connectivity index (χ0) is 17.6. The molecule has 0 aromatic carbocycles. The molecule has 0 aromatic rings. The number of ether oxygens (including phenoxy) is 1. The van der Waals surface area contributed by atoms with Gasteiger partial charge in [-0.25, -0.2) is 8.42 Å². The van der Waals surface area contributed by atoms with Gasteiger partial charge in [-0.3, -0.25) is 9.59 Å². The summed E-state index contributed by atoms with van der Waals surface area (Å²) in [7, 11) is -3.65. The van der Waals surface area contributed by atoms with Crippen LogP contribution in [0.25, 0.3) is 0 Å². The van der Waals surface area contributed by atoms with Crippen molar-refractivity contribution in [1.82, 2.24) is 9.21 Å². The fourth-order valence-corrected chi connectivity index (χ4v) is 3.38. The summed E-state index contributed by atoms with van der Waals surface area (Å²) < 4.78 is 29.7. The molecule has 1 rings (SSSR count). The van der Waals surface area contributed by atoms with Crippen LogP contribution in [0.2, 0.25) is 0 Å². The summed E-state index contributed by atoms with van der Waals surface area (Å²) in [6, 6.07) is 0. The molecule has 23 heavy (non-hydrogen) atoms. The molecule has 8 nitrogen and oxygen atoms in total. The molecule has 1 saturated heterocycles. The van der Waals surface area contributed by atoms with Gasteiger partial charge in [0.05, 0.1) is 19.0 Å². The lowest BCUT2D eigenvalue weighted by Gasteiger charge is -2.36. The minimum atomic E-state index is -3.65. The minimum absolute atomic E-state index is 0.0318. The van der Waals surface area contributed by atoms with E-state index in [1.54, 1.807) is 4.90 Å². The molecule has 0 spiro atoms. The van der Waals surface area contributed by atoms with Gasteiger partial charge in [0, 0.05) is 25.6 Å². The monoisotopic (exact) mass is 350 g/mol. The molecule has 1 N–H and O–H groups in total. The number of carboxylic acids is 1. The van der Waals surface area contributed by atoms with E-state index in [0.717, 1.165) is 23.4 Å². The Morgan fingerprint density at radius 3 is 2.61 bits per heavy atom. The number of carbonyl (C=O) groups is 2. The van der Waals surface area contributed by atoms with Crippen molar-refractivity contribution in [1.29, 1.82) is 0 Å². The molecule has 0 aromatic heterocycles. The zero-order valence-electron chi connectivity index (χ0n) is 13.9. The van der Waals surface area contributed by atoms with Crippen LogP contribution in [0.4, 0.5) is 0 Å². The van der Waals surface area contributed by atoms with E-state index < -0.39 is 28.6 Å².